The van der Waals surface area contributed by atoms with Gasteiger partial charge in [-0.25, -0.2) is 27.5 Å². The summed E-state index contributed by atoms with van der Waals surface area (Å²) in [6, 6.07) is 6.74. The summed E-state index contributed by atoms with van der Waals surface area (Å²) in [7, 11) is 0. The molecule has 0 amide bonds. The Morgan fingerprint density at radius 2 is 1.86 bits per heavy atom. The van der Waals surface area contributed by atoms with E-state index in [-0.39, 0.29) is 42.3 Å². The maximum Gasteiger partial charge on any atom is 0.265 e. The first-order chi connectivity index (χ1) is 17.4. The van der Waals surface area contributed by atoms with Crippen molar-refractivity contribution in [3.63, 3.8) is 0 Å². The zero-order valence-electron chi connectivity index (χ0n) is 19.3. The standard InChI is InChI=1S/C26H21F3N4O3/c1-13-6-15(2-4-30-13)23-7-14(3-5-36-23)21-10-24-31-22-12-35-11-17(22)26(34)33(24)25(32-21)16-8-19(28)20(29)9-18(16)27/h2,4,6,8-10,14,23H,3,5,7,11-12H2,1H3/t14-,23+/m0/s1. The number of pyridine rings is 1. The highest BCUT2D eigenvalue weighted by atomic mass is 19.2. The average molecular weight is 494 g/mol. The number of aromatic nitrogens is 4. The molecule has 0 radical (unpaired) electrons. The van der Waals surface area contributed by atoms with Crippen LogP contribution < -0.4 is 5.56 Å². The van der Waals surface area contributed by atoms with Crippen molar-refractivity contribution < 1.29 is 22.6 Å². The van der Waals surface area contributed by atoms with Gasteiger partial charge in [0, 0.05) is 42.2 Å². The third-order valence-electron chi connectivity index (χ3n) is 6.74. The molecule has 4 aromatic rings. The lowest BCUT2D eigenvalue weighted by Crippen LogP contribution is -2.25. The lowest BCUT2D eigenvalue weighted by molar-refractivity contribution is 0.00457. The minimum absolute atomic E-state index is 0.0680. The third kappa shape index (κ3) is 3.86. The summed E-state index contributed by atoms with van der Waals surface area (Å²) in [5.41, 5.74) is 2.73. The van der Waals surface area contributed by atoms with Crippen molar-refractivity contribution in [1.29, 1.82) is 0 Å². The van der Waals surface area contributed by atoms with Gasteiger partial charge in [0.1, 0.15) is 11.5 Å². The van der Waals surface area contributed by atoms with Gasteiger partial charge in [0.2, 0.25) is 0 Å². The fourth-order valence-corrected chi connectivity index (χ4v) is 4.92. The van der Waals surface area contributed by atoms with E-state index < -0.39 is 23.0 Å². The fraction of sp³-hybridized carbons (Fsp3) is 0.308. The highest BCUT2D eigenvalue weighted by Crippen LogP contribution is 2.38. The van der Waals surface area contributed by atoms with Crippen LogP contribution in [-0.2, 0) is 22.7 Å². The molecule has 0 spiro atoms. The van der Waals surface area contributed by atoms with Gasteiger partial charge >= 0.3 is 0 Å². The van der Waals surface area contributed by atoms with Crippen LogP contribution >= 0.6 is 0 Å². The van der Waals surface area contributed by atoms with E-state index in [0.29, 0.717) is 42.5 Å². The third-order valence-corrected chi connectivity index (χ3v) is 6.74. The van der Waals surface area contributed by atoms with E-state index in [1.54, 1.807) is 12.3 Å². The topological polar surface area (TPSA) is 78.6 Å². The van der Waals surface area contributed by atoms with E-state index in [1.807, 2.05) is 19.1 Å². The molecule has 1 saturated heterocycles. The van der Waals surface area contributed by atoms with Crippen LogP contribution in [0.25, 0.3) is 17.0 Å². The highest BCUT2D eigenvalue weighted by Gasteiger charge is 2.29. The number of halogens is 3. The van der Waals surface area contributed by atoms with Crippen molar-refractivity contribution in [2.75, 3.05) is 6.61 Å². The molecule has 6 rings (SSSR count). The summed E-state index contributed by atoms with van der Waals surface area (Å²) < 4.78 is 55.3. The molecule has 184 valence electrons. The van der Waals surface area contributed by atoms with Gasteiger partial charge < -0.3 is 9.47 Å². The predicted octanol–water partition coefficient (Wildman–Crippen LogP) is 4.54. The van der Waals surface area contributed by atoms with Gasteiger partial charge in [0.15, 0.2) is 17.5 Å². The van der Waals surface area contributed by atoms with Crippen molar-refractivity contribution in [3.05, 3.63) is 92.5 Å². The number of hydrogen-bond acceptors (Lipinski definition) is 6. The smallest absolute Gasteiger partial charge is 0.265 e. The Bertz CT molecular complexity index is 1570. The first-order valence-corrected chi connectivity index (χ1v) is 11.6. The summed E-state index contributed by atoms with van der Waals surface area (Å²) in [5, 5.41) is 0. The molecule has 2 atom stereocenters. The minimum atomic E-state index is -1.32. The first kappa shape index (κ1) is 22.8. The second-order valence-corrected chi connectivity index (χ2v) is 9.09. The summed E-state index contributed by atoms with van der Waals surface area (Å²) in [6.45, 7) is 2.63. The lowest BCUT2D eigenvalue weighted by Gasteiger charge is -2.30. The van der Waals surface area contributed by atoms with Crippen LogP contribution in [0.4, 0.5) is 13.2 Å². The molecule has 5 heterocycles. The molecule has 0 bridgehead atoms. The number of ether oxygens (including phenoxy) is 2. The first-order valence-electron chi connectivity index (χ1n) is 11.6. The van der Waals surface area contributed by atoms with Gasteiger partial charge in [-0.3, -0.25) is 9.78 Å². The zero-order chi connectivity index (χ0) is 25.0. The average Bonchev–Trinajstić information content (AvgIpc) is 3.35. The summed E-state index contributed by atoms with van der Waals surface area (Å²) in [4.78, 5) is 26.8. The number of hydrogen-bond donors (Lipinski definition) is 0. The monoisotopic (exact) mass is 494 g/mol. The Morgan fingerprint density at radius 1 is 1.03 bits per heavy atom. The number of aryl methyl sites for hydroxylation is 1. The van der Waals surface area contributed by atoms with E-state index in [0.717, 1.165) is 21.7 Å². The number of rotatable bonds is 3. The summed E-state index contributed by atoms with van der Waals surface area (Å²) >= 11 is 0. The molecule has 0 saturated carbocycles. The molecule has 2 aliphatic heterocycles. The normalized spacial score (nSPS) is 19.6. The Balaban J connectivity index is 1.52. The number of nitrogens with zero attached hydrogens (tertiary/aromatic N) is 4. The second kappa shape index (κ2) is 8.79. The second-order valence-electron chi connectivity index (χ2n) is 9.09. The van der Waals surface area contributed by atoms with Crippen molar-refractivity contribution in [1.82, 2.24) is 19.4 Å². The predicted molar refractivity (Wildman–Crippen MR) is 123 cm³/mol. The Morgan fingerprint density at radius 3 is 2.69 bits per heavy atom. The van der Waals surface area contributed by atoms with Crippen LogP contribution in [0, 0.1) is 24.4 Å². The van der Waals surface area contributed by atoms with E-state index in [9.17, 15) is 18.0 Å². The quantitative estimate of drug-likeness (QED) is 0.389. The zero-order valence-corrected chi connectivity index (χ0v) is 19.3. The number of benzene rings is 1. The van der Waals surface area contributed by atoms with E-state index in [4.69, 9.17) is 9.47 Å². The fourth-order valence-electron chi connectivity index (χ4n) is 4.92. The van der Waals surface area contributed by atoms with E-state index in [1.165, 1.54) is 0 Å². The molecule has 1 aromatic carbocycles. The van der Waals surface area contributed by atoms with Crippen LogP contribution in [-0.4, -0.2) is 26.0 Å². The summed E-state index contributed by atoms with van der Waals surface area (Å²) in [5.74, 6) is -3.82. The van der Waals surface area contributed by atoms with E-state index in [2.05, 4.69) is 15.0 Å². The van der Waals surface area contributed by atoms with Crippen LogP contribution in [0.15, 0.2) is 41.3 Å². The largest absolute Gasteiger partial charge is 0.373 e. The Labute approximate surface area is 203 Å². The molecule has 36 heavy (non-hydrogen) atoms. The van der Waals surface area contributed by atoms with Crippen molar-refractivity contribution in [2.45, 2.75) is 45.0 Å². The van der Waals surface area contributed by atoms with Crippen LogP contribution in [0.2, 0.25) is 0 Å². The maximum atomic E-state index is 14.9. The van der Waals surface area contributed by atoms with Gasteiger partial charge in [0.05, 0.1) is 36.1 Å². The van der Waals surface area contributed by atoms with Crippen molar-refractivity contribution in [3.8, 4) is 11.4 Å². The molecule has 0 N–H and O–H groups in total. The van der Waals surface area contributed by atoms with E-state index >= 15 is 0 Å². The lowest BCUT2D eigenvalue weighted by atomic mass is 9.89. The molecule has 10 heteroatoms. The van der Waals surface area contributed by atoms with Gasteiger partial charge in [-0.15, -0.1) is 0 Å². The molecule has 0 aliphatic carbocycles. The molecule has 2 aliphatic rings. The van der Waals surface area contributed by atoms with Crippen molar-refractivity contribution >= 4 is 5.65 Å². The molecule has 7 nitrogen and oxygen atoms in total. The van der Waals surface area contributed by atoms with Gasteiger partial charge in [0.25, 0.3) is 5.56 Å². The van der Waals surface area contributed by atoms with Crippen molar-refractivity contribution in [2.24, 2.45) is 0 Å². The molecular formula is C26H21F3N4O3. The molecule has 3 aromatic heterocycles. The van der Waals surface area contributed by atoms with Gasteiger partial charge in [-0.2, -0.15) is 0 Å². The SMILES string of the molecule is Cc1cc([C@H]2C[C@@H](c3cc4nc5c(c(=O)n4c(-c4cc(F)c(F)cc4F)n3)COC5)CCO2)ccn1. The van der Waals surface area contributed by atoms with Crippen LogP contribution in [0.5, 0.6) is 0 Å². The Hall–Kier alpha value is -3.63. The van der Waals surface area contributed by atoms with Gasteiger partial charge in [-0.1, -0.05) is 0 Å². The molecule has 0 unspecified atom stereocenters. The Kier molecular flexibility index (Phi) is 5.57. The van der Waals surface area contributed by atoms with Crippen LogP contribution in [0.1, 0.15) is 53.1 Å². The summed E-state index contributed by atoms with van der Waals surface area (Å²) in [6.07, 6.45) is 2.76. The molecule has 1 fully saturated rings. The van der Waals surface area contributed by atoms with Gasteiger partial charge in [-0.05, 0) is 43.5 Å². The highest BCUT2D eigenvalue weighted by molar-refractivity contribution is 5.61. The minimum Gasteiger partial charge on any atom is -0.373 e. The van der Waals surface area contributed by atoms with Crippen LogP contribution in [0.3, 0.4) is 0 Å². The number of fused-ring (bicyclic) bond motifs is 2. The molecular weight excluding hydrogens is 473 g/mol. The maximum absolute atomic E-state index is 14.9.